The Bertz CT molecular complexity index is 467. The van der Waals surface area contributed by atoms with E-state index >= 15 is 0 Å². The topological polar surface area (TPSA) is 110 Å². The highest BCUT2D eigenvalue weighted by molar-refractivity contribution is 5.99. The van der Waals surface area contributed by atoms with Crippen LogP contribution in [0.3, 0.4) is 0 Å². The number of carboxylic acids is 1. The zero-order valence-corrected chi connectivity index (χ0v) is 10.7. The van der Waals surface area contributed by atoms with E-state index in [2.05, 4.69) is 10.4 Å². The number of amides is 1. The predicted octanol–water partition coefficient (Wildman–Crippen LogP) is 0.493. The minimum atomic E-state index is -0.895. The van der Waals surface area contributed by atoms with Crippen molar-refractivity contribution in [3.8, 4) is 0 Å². The number of nitrogens with zero attached hydrogens (tertiary/aromatic N) is 2. The fraction of sp³-hybridized carbons (Fsp3) is 0.545. The molecule has 0 aromatic carbocycles. The van der Waals surface area contributed by atoms with E-state index in [1.807, 2.05) is 6.92 Å². The molecule has 1 unspecified atom stereocenters. The first kappa shape index (κ1) is 14.0. The molecule has 7 nitrogen and oxygen atoms in total. The number of carbonyl (C=O) groups is 2. The van der Waals surface area contributed by atoms with Crippen LogP contribution < -0.4 is 11.1 Å². The first-order valence-corrected chi connectivity index (χ1v) is 5.68. The molecule has 4 N–H and O–H groups in total. The van der Waals surface area contributed by atoms with Crippen molar-refractivity contribution in [2.45, 2.75) is 32.7 Å². The van der Waals surface area contributed by atoms with Crippen molar-refractivity contribution in [1.82, 2.24) is 9.78 Å². The van der Waals surface area contributed by atoms with Crippen molar-refractivity contribution >= 4 is 17.7 Å². The number of rotatable bonds is 6. The lowest BCUT2D eigenvalue weighted by atomic mass is 10.1. The second kappa shape index (κ2) is 5.52. The molecule has 1 aromatic heterocycles. The monoisotopic (exact) mass is 254 g/mol. The van der Waals surface area contributed by atoms with Gasteiger partial charge in [-0.25, -0.2) is 0 Å². The number of nitrogens with one attached hydrogen (secondary N) is 1. The molecule has 1 aromatic rings. The smallest absolute Gasteiger partial charge is 0.305 e. The van der Waals surface area contributed by atoms with E-state index in [4.69, 9.17) is 10.8 Å². The Hall–Kier alpha value is -2.05. The lowest BCUT2D eigenvalue weighted by Gasteiger charge is -2.17. The highest BCUT2D eigenvalue weighted by atomic mass is 16.4. The summed E-state index contributed by atoms with van der Waals surface area (Å²) in [5.41, 5.74) is 6.13. The van der Waals surface area contributed by atoms with Crippen molar-refractivity contribution in [2.75, 3.05) is 5.32 Å². The van der Waals surface area contributed by atoms with Crippen LogP contribution >= 0.6 is 0 Å². The number of carboxylic acid groups (broad SMARTS) is 1. The molecule has 0 aliphatic carbocycles. The average molecular weight is 254 g/mol. The molecule has 0 spiro atoms. The molecule has 0 fully saturated rings. The third kappa shape index (κ3) is 2.99. The summed E-state index contributed by atoms with van der Waals surface area (Å²) in [5, 5.41) is 15.9. The maximum atomic E-state index is 11.4. The number of aryl methyl sites for hydroxylation is 2. The van der Waals surface area contributed by atoms with Crippen molar-refractivity contribution < 1.29 is 14.7 Å². The Morgan fingerprint density at radius 3 is 2.61 bits per heavy atom. The van der Waals surface area contributed by atoms with Crippen LogP contribution in [0.4, 0.5) is 5.82 Å². The van der Waals surface area contributed by atoms with E-state index in [1.54, 1.807) is 14.0 Å². The fourth-order valence-corrected chi connectivity index (χ4v) is 1.82. The molecular formula is C11H18N4O3. The summed E-state index contributed by atoms with van der Waals surface area (Å²) in [7, 11) is 1.68. The van der Waals surface area contributed by atoms with Crippen LogP contribution in [-0.2, 0) is 11.8 Å². The van der Waals surface area contributed by atoms with E-state index in [-0.39, 0.29) is 12.5 Å². The third-order valence-electron chi connectivity index (χ3n) is 2.72. The Morgan fingerprint density at radius 2 is 2.17 bits per heavy atom. The second-order valence-electron chi connectivity index (χ2n) is 4.14. The molecule has 1 atom stereocenters. The Balaban J connectivity index is 3.02. The summed E-state index contributed by atoms with van der Waals surface area (Å²) in [6, 6.07) is -0.268. The molecule has 0 aliphatic heterocycles. The van der Waals surface area contributed by atoms with Gasteiger partial charge >= 0.3 is 5.97 Å². The van der Waals surface area contributed by atoms with Gasteiger partial charge in [-0.3, -0.25) is 14.3 Å². The zero-order valence-electron chi connectivity index (χ0n) is 10.7. The number of primary amides is 1. The van der Waals surface area contributed by atoms with Crippen LogP contribution in [0.1, 0.15) is 35.8 Å². The first-order valence-electron chi connectivity index (χ1n) is 5.68. The molecule has 0 bridgehead atoms. The summed E-state index contributed by atoms with van der Waals surface area (Å²) in [6.45, 7) is 3.55. The Labute approximate surface area is 105 Å². The minimum absolute atomic E-state index is 0.0288. The number of nitrogens with two attached hydrogens (primary N) is 1. The highest BCUT2D eigenvalue weighted by Gasteiger charge is 2.21. The summed E-state index contributed by atoms with van der Waals surface area (Å²) in [4.78, 5) is 22.1. The quantitative estimate of drug-likeness (QED) is 0.684. The van der Waals surface area contributed by atoms with Crippen molar-refractivity contribution in [1.29, 1.82) is 0 Å². The van der Waals surface area contributed by atoms with Gasteiger partial charge in [0.2, 0.25) is 0 Å². The van der Waals surface area contributed by atoms with Gasteiger partial charge in [0.25, 0.3) is 5.91 Å². The molecule has 1 heterocycles. The van der Waals surface area contributed by atoms with Crippen LogP contribution in [0.25, 0.3) is 0 Å². The van der Waals surface area contributed by atoms with Crippen LogP contribution in [0.15, 0.2) is 0 Å². The zero-order chi connectivity index (χ0) is 13.9. The molecule has 0 radical (unpaired) electrons. The van der Waals surface area contributed by atoms with Crippen LogP contribution in [0, 0.1) is 6.92 Å². The average Bonchev–Trinajstić information content (AvgIpc) is 2.52. The van der Waals surface area contributed by atoms with E-state index in [1.165, 1.54) is 4.68 Å². The van der Waals surface area contributed by atoms with Gasteiger partial charge in [0.05, 0.1) is 12.1 Å². The van der Waals surface area contributed by atoms with E-state index in [0.29, 0.717) is 23.5 Å². The molecule has 7 heteroatoms. The van der Waals surface area contributed by atoms with Gasteiger partial charge in [0.1, 0.15) is 11.4 Å². The van der Waals surface area contributed by atoms with Crippen LogP contribution in [0.2, 0.25) is 0 Å². The van der Waals surface area contributed by atoms with E-state index in [9.17, 15) is 9.59 Å². The molecule has 18 heavy (non-hydrogen) atoms. The summed E-state index contributed by atoms with van der Waals surface area (Å²) in [5.74, 6) is -1.00. The summed E-state index contributed by atoms with van der Waals surface area (Å²) in [6.07, 6.45) is 0.591. The molecule has 0 aliphatic rings. The maximum Gasteiger partial charge on any atom is 0.305 e. The number of aliphatic carboxylic acids is 1. The van der Waals surface area contributed by atoms with Crippen LogP contribution in [0.5, 0.6) is 0 Å². The molecule has 1 rings (SSSR count). The fourth-order valence-electron chi connectivity index (χ4n) is 1.82. The van der Waals surface area contributed by atoms with Crippen molar-refractivity contribution in [3.63, 3.8) is 0 Å². The molecule has 1 amide bonds. The highest BCUT2D eigenvalue weighted by Crippen LogP contribution is 2.20. The minimum Gasteiger partial charge on any atom is -0.481 e. The predicted molar refractivity (Wildman–Crippen MR) is 66.4 cm³/mol. The van der Waals surface area contributed by atoms with Gasteiger partial charge in [-0.05, 0) is 13.3 Å². The van der Waals surface area contributed by atoms with Crippen molar-refractivity contribution in [2.24, 2.45) is 12.8 Å². The Morgan fingerprint density at radius 1 is 1.56 bits per heavy atom. The van der Waals surface area contributed by atoms with Gasteiger partial charge in [-0.2, -0.15) is 5.10 Å². The molecular weight excluding hydrogens is 236 g/mol. The first-order chi connectivity index (χ1) is 8.36. The SMILES string of the molecule is CCC(CC(=O)O)Nc1c(C(N)=O)c(C)nn1C. The van der Waals surface area contributed by atoms with Crippen LogP contribution in [-0.4, -0.2) is 32.8 Å². The lowest BCUT2D eigenvalue weighted by Crippen LogP contribution is -2.25. The number of aromatic nitrogens is 2. The number of hydrogen-bond donors (Lipinski definition) is 3. The second-order valence-corrected chi connectivity index (χ2v) is 4.14. The number of carbonyl (C=O) groups excluding carboxylic acids is 1. The molecule has 0 saturated heterocycles. The lowest BCUT2D eigenvalue weighted by molar-refractivity contribution is -0.137. The number of hydrogen-bond acceptors (Lipinski definition) is 4. The maximum absolute atomic E-state index is 11.4. The van der Waals surface area contributed by atoms with Gasteiger partial charge in [-0.1, -0.05) is 6.92 Å². The van der Waals surface area contributed by atoms with Gasteiger partial charge < -0.3 is 16.2 Å². The standard InChI is InChI=1S/C11H18N4O3/c1-4-7(5-8(16)17)13-11-9(10(12)18)6(2)14-15(11)3/h7,13H,4-5H2,1-3H3,(H2,12,18)(H,16,17). The van der Waals surface area contributed by atoms with Gasteiger partial charge in [0.15, 0.2) is 0 Å². The van der Waals surface area contributed by atoms with E-state index < -0.39 is 11.9 Å². The van der Waals surface area contributed by atoms with E-state index in [0.717, 1.165) is 0 Å². The van der Waals surface area contributed by atoms with Gasteiger partial charge in [-0.15, -0.1) is 0 Å². The molecule has 0 saturated carbocycles. The normalized spacial score (nSPS) is 12.2. The molecule has 100 valence electrons. The summed E-state index contributed by atoms with van der Waals surface area (Å²) >= 11 is 0. The van der Waals surface area contributed by atoms with Crippen molar-refractivity contribution in [3.05, 3.63) is 11.3 Å². The Kier molecular flexibility index (Phi) is 4.30. The van der Waals surface area contributed by atoms with Gasteiger partial charge in [0, 0.05) is 13.1 Å². The summed E-state index contributed by atoms with van der Waals surface area (Å²) < 4.78 is 1.50. The largest absolute Gasteiger partial charge is 0.481 e. The number of anilines is 1. The third-order valence-corrected chi connectivity index (χ3v) is 2.72.